The van der Waals surface area contributed by atoms with Gasteiger partial charge in [-0.2, -0.15) is 0 Å². The highest BCUT2D eigenvalue weighted by atomic mass is 79.9. The molecule has 0 aromatic heterocycles. The van der Waals surface area contributed by atoms with E-state index in [-0.39, 0.29) is 6.54 Å². The van der Waals surface area contributed by atoms with E-state index in [0.29, 0.717) is 11.6 Å². The number of benzene rings is 2. The number of halogens is 3. The Bertz CT molecular complexity index is 735. The van der Waals surface area contributed by atoms with Gasteiger partial charge in [0.15, 0.2) is 0 Å². The minimum Gasteiger partial charge on any atom is -0.207 e. The van der Waals surface area contributed by atoms with E-state index in [1.165, 1.54) is 0 Å². The molecule has 7 heteroatoms. The Balaban J connectivity index is 2.21. The Hall–Kier alpha value is -1.31. The molecule has 0 heterocycles. The molecule has 0 aliphatic heterocycles. The second kappa shape index (κ2) is 5.99. The van der Waals surface area contributed by atoms with Gasteiger partial charge in [-0.05, 0) is 35.9 Å². The van der Waals surface area contributed by atoms with E-state index in [9.17, 15) is 17.2 Å². The highest BCUT2D eigenvalue weighted by molar-refractivity contribution is 9.10. The van der Waals surface area contributed by atoms with Gasteiger partial charge in [0.2, 0.25) is 10.0 Å². The molecule has 0 bridgehead atoms. The molecule has 2 aromatic rings. The van der Waals surface area contributed by atoms with Crippen molar-refractivity contribution in [1.29, 1.82) is 0 Å². The number of sulfonamides is 1. The molecule has 2 rings (SSSR count). The van der Waals surface area contributed by atoms with E-state index in [2.05, 4.69) is 20.7 Å². The molecule has 106 valence electrons. The molecule has 0 aliphatic rings. The lowest BCUT2D eigenvalue weighted by Gasteiger charge is -2.08. The van der Waals surface area contributed by atoms with Gasteiger partial charge in [-0.15, -0.1) is 0 Å². The van der Waals surface area contributed by atoms with Crippen LogP contribution < -0.4 is 4.72 Å². The zero-order valence-corrected chi connectivity index (χ0v) is 12.5. The average molecular weight is 362 g/mol. The Kier molecular flexibility index (Phi) is 4.52. The number of rotatable bonds is 4. The van der Waals surface area contributed by atoms with Crippen molar-refractivity contribution < 1.29 is 17.2 Å². The van der Waals surface area contributed by atoms with Gasteiger partial charge in [0.05, 0.1) is 0 Å². The third kappa shape index (κ3) is 3.62. The maximum absolute atomic E-state index is 13.5. The molecule has 0 spiro atoms. The zero-order chi connectivity index (χ0) is 14.8. The summed E-state index contributed by atoms with van der Waals surface area (Å²) in [5.41, 5.74) is 0.694. The van der Waals surface area contributed by atoms with Crippen molar-refractivity contribution in [3.8, 4) is 0 Å². The predicted octanol–water partition coefficient (Wildman–Crippen LogP) is 3.21. The van der Waals surface area contributed by atoms with E-state index >= 15 is 0 Å². The molecule has 0 radical (unpaired) electrons. The average Bonchev–Trinajstić information content (AvgIpc) is 2.39. The van der Waals surface area contributed by atoms with Crippen LogP contribution in [-0.4, -0.2) is 8.42 Å². The predicted molar refractivity (Wildman–Crippen MR) is 74.5 cm³/mol. The van der Waals surface area contributed by atoms with Crippen molar-refractivity contribution in [3.63, 3.8) is 0 Å². The first kappa shape index (κ1) is 15.1. The molecule has 1 N–H and O–H groups in total. The SMILES string of the molecule is O=S(=O)(NCc1cccc(Br)c1)c1cc(F)ccc1F. The molecule has 3 nitrogen and oxygen atoms in total. The lowest BCUT2D eigenvalue weighted by molar-refractivity contribution is 0.545. The highest BCUT2D eigenvalue weighted by Gasteiger charge is 2.19. The van der Waals surface area contributed by atoms with Gasteiger partial charge in [0.1, 0.15) is 16.5 Å². The number of nitrogens with one attached hydrogen (secondary N) is 1. The molecule has 20 heavy (non-hydrogen) atoms. The lowest BCUT2D eigenvalue weighted by atomic mass is 10.2. The summed E-state index contributed by atoms with van der Waals surface area (Å²) < 4.78 is 53.4. The first-order valence-corrected chi connectivity index (χ1v) is 7.85. The van der Waals surface area contributed by atoms with Crippen molar-refractivity contribution in [2.24, 2.45) is 0 Å². The Morgan fingerprint density at radius 3 is 2.55 bits per heavy atom. The lowest BCUT2D eigenvalue weighted by Crippen LogP contribution is -2.24. The fourth-order valence-electron chi connectivity index (χ4n) is 1.59. The van der Waals surface area contributed by atoms with Crippen LogP contribution in [0.5, 0.6) is 0 Å². The Morgan fingerprint density at radius 1 is 1.10 bits per heavy atom. The first-order chi connectivity index (χ1) is 9.38. The summed E-state index contributed by atoms with van der Waals surface area (Å²) >= 11 is 3.26. The van der Waals surface area contributed by atoms with Gasteiger partial charge in [-0.3, -0.25) is 0 Å². The second-order valence-corrected chi connectivity index (χ2v) is 6.68. The largest absolute Gasteiger partial charge is 0.243 e. The van der Waals surface area contributed by atoms with E-state index in [4.69, 9.17) is 0 Å². The minimum absolute atomic E-state index is 0.0161. The fourth-order valence-corrected chi connectivity index (χ4v) is 3.14. The molecule has 0 atom stereocenters. The molecule has 0 fully saturated rings. The molecular formula is C13H10BrF2NO2S. The quantitative estimate of drug-likeness (QED) is 0.908. The van der Waals surface area contributed by atoms with Crippen LogP contribution in [0.2, 0.25) is 0 Å². The van der Waals surface area contributed by atoms with Crippen molar-refractivity contribution in [3.05, 3.63) is 64.1 Å². The van der Waals surface area contributed by atoms with Crippen molar-refractivity contribution in [2.45, 2.75) is 11.4 Å². The van der Waals surface area contributed by atoms with E-state index in [1.54, 1.807) is 24.3 Å². The molecular weight excluding hydrogens is 352 g/mol. The van der Waals surface area contributed by atoms with Crippen LogP contribution in [0.15, 0.2) is 51.8 Å². The topological polar surface area (TPSA) is 46.2 Å². The van der Waals surface area contributed by atoms with Crippen molar-refractivity contribution >= 4 is 26.0 Å². The van der Waals surface area contributed by atoms with Crippen LogP contribution in [0, 0.1) is 11.6 Å². The van der Waals surface area contributed by atoms with Gasteiger partial charge in [-0.1, -0.05) is 28.1 Å². The zero-order valence-electron chi connectivity index (χ0n) is 10.1. The number of hydrogen-bond acceptors (Lipinski definition) is 2. The first-order valence-electron chi connectivity index (χ1n) is 5.58. The minimum atomic E-state index is -4.10. The Labute approximate surface area is 123 Å². The van der Waals surface area contributed by atoms with Crippen LogP contribution in [0.25, 0.3) is 0 Å². The third-order valence-electron chi connectivity index (χ3n) is 2.54. The van der Waals surface area contributed by atoms with E-state index in [0.717, 1.165) is 16.6 Å². The third-order valence-corrected chi connectivity index (χ3v) is 4.45. The summed E-state index contributed by atoms with van der Waals surface area (Å²) in [5.74, 6) is -1.80. The summed E-state index contributed by atoms with van der Waals surface area (Å²) in [7, 11) is -4.10. The molecule has 0 unspecified atom stereocenters. The van der Waals surface area contributed by atoms with E-state index in [1.807, 2.05) is 0 Å². The van der Waals surface area contributed by atoms with Gasteiger partial charge >= 0.3 is 0 Å². The smallest absolute Gasteiger partial charge is 0.207 e. The van der Waals surface area contributed by atoms with Crippen LogP contribution >= 0.6 is 15.9 Å². The van der Waals surface area contributed by atoms with Crippen LogP contribution in [-0.2, 0) is 16.6 Å². The van der Waals surface area contributed by atoms with Gasteiger partial charge in [0.25, 0.3) is 0 Å². The van der Waals surface area contributed by atoms with E-state index < -0.39 is 26.6 Å². The van der Waals surface area contributed by atoms with Gasteiger partial charge in [-0.25, -0.2) is 21.9 Å². The summed E-state index contributed by atoms with van der Waals surface area (Å²) in [6.45, 7) is -0.0161. The summed E-state index contributed by atoms with van der Waals surface area (Å²) in [6, 6.07) is 9.28. The van der Waals surface area contributed by atoms with Crippen LogP contribution in [0.3, 0.4) is 0 Å². The summed E-state index contributed by atoms with van der Waals surface area (Å²) in [6.07, 6.45) is 0. The van der Waals surface area contributed by atoms with Crippen molar-refractivity contribution in [2.75, 3.05) is 0 Å². The van der Waals surface area contributed by atoms with Gasteiger partial charge in [0, 0.05) is 11.0 Å². The Morgan fingerprint density at radius 2 is 1.85 bits per heavy atom. The normalized spacial score (nSPS) is 11.6. The number of hydrogen-bond donors (Lipinski definition) is 1. The summed E-state index contributed by atoms with van der Waals surface area (Å²) in [4.78, 5) is -0.701. The highest BCUT2D eigenvalue weighted by Crippen LogP contribution is 2.17. The fraction of sp³-hybridized carbons (Fsp3) is 0.0769. The molecule has 0 saturated heterocycles. The standard InChI is InChI=1S/C13H10BrF2NO2S/c14-10-3-1-2-9(6-10)8-17-20(18,19)13-7-11(15)4-5-12(13)16/h1-7,17H,8H2. The monoisotopic (exact) mass is 361 g/mol. The van der Waals surface area contributed by atoms with Crippen LogP contribution in [0.4, 0.5) is 8.78 Å². The maximum atomic E-state index is 13.5. The molecule has 0 aliphatic carbocycles. The maximum Gasteiger partial charge on any atom is 0.243 e. The molecule has 2 aromatic carbocycles. The van der Waals surface area contributed by atoms with Crippen molar-refractivity contribution in [1.82, 2.24) is 4.72 Å². The molecule has 0 amide bonds. The van der Waals surface area contributed by atoms with Gasteiger partial charge < -0.3 is 0 Å². The second-order valence-electron chi connectivity index (χ2n) is 4.03. The van der Waals surface area contributed by atoms with Crippen LogP contribution in [0.1, 0.15) is 5.56 Å². The molecule has 0 saturated carbocycles. The summed E-state index contributed by atoms with van der Waals surface area (Å²) in [5, 5.41) is 0.